The molecule has 2 N–H and O–H groups in total. The SMILES string of the molecule is N#Cc1cccc(NC(=O)CSc2ccccc2C(=O)OCC(=O)Nc2ccccc2[N+](=O)[O-])c1. The van der Waals surface area contributed by atoms with Gasteiger partial charge in [-0.1, -0.05) is 30.3 Å². The van der Waals surface area contributed by atoms with Gasteiger partial charge in [-0.05, 0) is 36.4 Å². The number of nitrogens with one attached hydrogen (secondary N) is 2. The molecule has 3 rings (SSSR count). The molecule has 0 spiro atoms. The van der Waals surface area contributed by atoms with Crippen LogP contribution in [-0.2, 0) is 14.3 Å². The average molecular weight is 490 g/mol. The maximum absolute atomic E-state index is 12.5. The molecule has 0 atom stereocenters. The Morgan fingerprint density at radius 1 is 0.971 bits per heavy atom. The van der Waals surface area contributed by atoms with E-state index in [0.29, 0.717) is 16.1 Å². The lowest BCUT2D eigenvalue weighted by Gasteiger charge is -2.10. The fourth-order valence-electron chi connectivity index (χ4n) is 2.90. The fourth-order valence-corrected chi connectivity index (χ4v) is 3.74. The van der Waals surface area contributed by atoms with E-state index < -0.39 is 23.4 Å². The van der Waals surface area contributed by atoms with Crippen LogP contribution in [0.4, 0.5) is 17.1 Å². The Bertz CT molecular complexity index is 1320. The number of amides is 2. The topological polar surface area (TPSA) is 151 Å². The first-order chi connectivity index (χ1) is 16.9. The van der Waals surface area contributed by atoms with Gasteiger partial charge in [0.2, 0.25) is 5.91 Å². The van der Waals surface area contributed by atoms with Gasteiger partial charge in [0.05, 0.1) is 27.9 Å². The minimum atomic E-state index is -0.784. The largest absolute Gasteiger partial charge is 0.452 e. The molecule has 0 saturated carbocycles. The number of nitriles is 1. The third kappa shape index (κ3) is 7.15. The Morgan fingerprint density at radius 3 is 2.49 bits per heavy atom. The maximum Gasteiger partial charge on any atom is 0.339 e. The highest BCUT2D eigenvalue weighted by molar-refractivity contribution is 8.00. The Hall–Kier alpha value is -4.69. The monoisotopic (exact) mass is 490 g/mol. The number of nitrogens with zero attached hydrogens (tertiary/aromatic N) is 2. The highest BCUT2D eigenvalue weighted by Crippen LogP contribution is 2.25. The van der Waals surface area contributed by atoms with E-state index in [1.165, 1.54) is 30.3 Å². The quantitative estimate of drug-likeness (QED) is 0.198. The lowest BCUT2D eigenvalue weighted by molar-refractivity contribution is -0.383. The molecule has 3 aromatic rings. The zero-order valence-electron chi connectivity index (χ0n) is 18.1. The zero-order chi connectivity index (χ0) is 25.2. The molecule has 0 fully saturated rings. The molecule has 0 aliphatic rings. The van der Waals surface area contributed by atoms with Gasteiger partial charge in [-0.2, -0.15) is 5.26 Å². The van der Waals surface area contributed by atoms with Crippen molar-refractivity contribution in [1.82, 2.24) is 0 Å². The zero-order valence-corrected chi connectivity index (χ0v) is 18.9. The summed E-state index contributed by atoms with van der Waals surface area (Å²) < 4.78 is 5.07. The number of carbonyl (C=O) groups is 3. The van der Waals surface area contributed by atoms with Crippen molar-refractivity contribution in [1.29, 1.82) is 5.26 Å². The molecule has 0 aromatic heterocycles. The Morgan fingerprint density at radius 2 is 1.71 bits per heavy atom. The van der Waals surface area contributed by atoms with Crippen molar-refractivity contribution in [3.8, 4) is 6.07 Å². The van der Waals surface area contributed by atoms with Gasteiger partial charge in [0, 0.05) is 16.6 Å². The number of nitro groups is 1. The number of hydrogen-bond donors (Lipinski definition) is 2. The van der Waals surface area contributed by atoms with Crippen molar-refractivity contribution in [3.63, 3.8) is 0 Å². The van der Waals surface area contributed by atoms with Crippen LogP contribution in [0.25, 0.3) is 0 Å². The van der Waals surface area contributed by atoms with E-state index in [1.54, 1.807) is 42.5 Å². The van der Waals surface area contributed by atoms with Crippen molar-refractivity contribution in [2.45, 2.75) is 4.90 Å². The number of esters is 1. The highest BCUT2D eigenvalue weighted by atomic mass is 32.2. The second kappa shape index (κ2) is 12.0. The fraction of sp³-hybridized carbons (Fsp3) is 0.0833. The van der Waals surface area contributed by atoms with Crippen LogP contribution in [0.2, 0.25) is 0 Å². The van der Waals surface area contributed by atoms with E-state index in [-0.39, 0.29) is 28.6 Å². The van der Waals surface area contributed by atoms with Gasteiger partial charge < -0.3 is 15.4 Å². The number of rotatable bonds is 9. The summed E-state index contributed by atoms with van der Waals surface area (Å²) in [6.45, 7) is -0.653. The molecular weight excluding hydrogens is 472 g/mol. The van der Waals surface area contributed by atoms with Crippen molar-refractivity contribution < 1.29 is 24.0 Å². The van der Waals surface area contributed by atoms with E-state index >= 15 is 0 Å². The third-order valence-corrected chi connectivity index (χ3v) is 5.52. The van der Waals surface area contributed by atoms with E-state index in [4.69, 9.17) is 10.00 Å². The molecule has 2 amide bonds. The lowest BCUT2D eigenvalue weighted by Crippen LogP contribution is -2.21. The Balaban J connectivity index is 1.56. The maximum atomic E-state index is 12.5. The van der Waals surface area contributed by atoms with E-state index in [9.17, 15) is 24.5 Å². The van der Waals surface area contributed by atoms with Gasteiger partial charge in [-0.15, -0.1) is 11.8 Å². The van der Waals surface area contributed by atoms with Crippen LogP contribution in [-0.4, -0.2) is 35.1 Å². The summed E-state index contributed by atoms with van der Waals surface area (Å²) in [7, 11) is 0. The van der Waals surface area contributed by atoms with Crippen LogP contribution < -0.4 is 10.6 Å². The molecule has 0 aliphatic heterocycles. The second-order valence-electron chi connectivity index (χ2n) is 6.92. The summed E-state index contributed by atoms with van der Waals surface area (Å²) in [5.41, 5.74) is 0.754. The molecule has 35 heavy (non-hydrogen) atoms. The van der Waals surface area contributed by atoms with Crippen molar-refractivity contribution in [2.75, 3.05) is 23.0 Å². The number of hydrogen-bond acceptors (Lipinski definition) is 8. The van der Waals surface area contributed by atoms with Crippen LogP contribution in [0.5, 0.6) is 0 Å². The third-order valence-electron chi connectivity index (χ3n) is 4.45. The van der Waals surface area contributed by atoms with Crippen molar-refractivity contribution in [3.05, 3.63) is 94.0 Å². The smallest absolute Gasteiger partial charge is 0.339 e. The lowest BCUT2D eigenvalue weighted by atomic mass is 10.2. The average Bonchev–Trinajstić information content (AvgIpc) is 2.86. The molecule has 0 heterocycles. The predicted octanol–water partition coefficient (Wildman–Crippen LogP) is 3.99. The Labute approximate surface area is 204 Å². The first-order valence-corrected chi connectivity index (χ1v) is 11.1. The number of carbonyl (C=O) groups excluding carboxylic acids is 3. The molecule has 10 nitrogen and oxygen atoms in total. The summed E-state index contributed by atoms with van der Waals surface area (Å²) >= 11 is 1.10. The molecule has 0 unspecified atom stereocenters. The van der Waals surface area contributed by atoms with Crippen molar-refractivity contribution >= 4 is 46.6 Å². The van der Waals surface area contributed by atoms with Gasteiger partial charge in [0.25, 0.3) is 11.6 Å². The van der Waals surface area contributed by atoms with E-state index in [0.717, 1.165) is 11.8 Å². The number of ether oxygens (including phenoxy) is 1. The van der Waals surface area contributed by atoms with E-state index in [1.807, 2.05) is 6.07 Å². The van der Waals surface area contributed by atoms with Crippen LogP contribution in [0, 0.1) is 21.4 Å². The van der Waals surface area contributed by atoms with Gasteiger partial charge in [0.15, 0.2) is 6.61 Å². The van der Waals surface area contributed by atoms with E-state index in [2.05, 4.69) is 10.6 Å². The van der Waals surface area contributed by atoms with Crippen LogP contribution in [0.15, 0.2) is 77.7 Å². The standard InChI is InChI=1S/C24H18N4O6S/c25-13-16-6-5-7-17(12-16)26-23(30)15-35-21-11-4-1-8-18(21)24(31)34-14-22(29)27-19-9-2-3-10-20(19)28(32)33/h1-12H,14-15H2,(H,26,30)(H,27,29). The normalized spacial score (nSPS) is 10.0. The van der Waals surface area contributed by atoms with Gasteiger partial charge in [-0.25, -0.2) is 4.79 Å². The van der Waals surface area contributed by atoms with Crippen LogP contribution in [0.1, 0.15) is 15.9 Å². The van der Waals surface area contributed by atoms with Crippen molar-refractivity contribution in [2.24, 2.45) is 0 Å². The molecule has 3 aromatic carbocycles. The molecule has 11 heteroatoms. The number of thioether (sulfide) groups is 1. The minimum Gasteiger partial charge on any atom is -0.452 e. The number of benzene rings is 3. The molecule has 0 saturated heterocycles. The minimum absolute atomic E-state index is 0.0131. The Kier molecular flexibility index (Phi) is 8.53. The van der Waals surface area contributed by atoms with Gasteiger partial charge >= 0.3 is 5.97 Å². The molecular formula is C24H18N4O6S. The molecule has 0 bridgehead atoms. The molecule has 0 radical (unpaired) electrons. The summed E-state index contributed by atoms with van der Waals surface area (Å²) in [6, 6.07) is 20.5. The second-order valence-corrected chi connectivity index (χ2v) is 7.94. The molecule has 176 valence electrons. The molecule has 0 aliphatic carbocycles. The van der Waals surface area contributed by atoms with Gasteiger partial charge in [-0.3, -0.25) is 19.7 Å². The van der Waals surface area contributed by atoms with Crippen LogP contribution >= 0.6 is 11.8 Å². The summed E-state index contributed by atoms with van der Waals surface area (Å²) in [6.07, 6.45) is 0. The summed E-state index contributed by atoms with van der Waals surface area (Å²) in [4.78, 5) is 47.9. The van der Waals surface area contributed by atoms with Crippen LogP contribution in [0.3, 0.4) is 0 Å². The summed E-state index contributed by atoms with van der Waals surface area (Å²) in [5, 5.41) is 25.0. The van der Waals surface area contributed by atoms with Gasteiger partial charge in [0.1, 0.15) is 5.69 Å². The first kappa shape index (κ1) is 24.9. The first-order valence-electron chi connectivity index (χ1n) is 10.1. The number of anilines is 2. The predicted molar refractivity (Wildman–Crippen MR) is 129 cm³/mol. The number of nitro benzene ring substituents is 1. The highest BCUT2D eigenvalue weighted by Gasteiger charge is 2.18. The number of para-hydroxylation sites is 2. The summed E-state index contributed by atoms with van der Waals surface area (Å²) in [5.74, 6) is -1.87.